The van der Waals surface area contributed by atoms with Crippen LogP contribution in [0.2, 0.25) is 0 Å². The molecule has 0 aliphatic rings. The maximum atomic E-state index is 11.9. The maximum Gasteiger partial charge on any atom is 0.406 e. The number of nitrogens with one attached hydrogen (secondary N) is 2. The summed E-state index contributed by atoms with van der Waals surface area (Å²) in [7, 11) is 1.49. The minimum Gasteiger partial charge on any atom is -0.447 e. The molecule has 0 heterocycles. The fraction of sp³-hybridized carbons (Fsp3) is 0.500. The fourth-order valence-electron chi connectivity index (χ4n) is 1.84. The molecule has 0 atom stereocenters. The first-order valence-electron chi connectivity index (χ1n) is 8.53. The van der Waals surface area contributed by atoms with Gasteiger partial charge in [0.05, 0.1) is 51.3 Å². The summed E-state index contributed by atoms with van der Waals surface area (Å²) in [6.45, 7) is 2.90. The number of amides is 2. The van der Waals surface area contributed by atoms with Crippen LogP contribution in [0.4, 0.5) is 4.79 Å². The second kappa shape index (κ2) is 14.5. The van der Waals surface area contributed by atoms with Crippen LogP contribution in [0.15, 0.2) is 24.3 Å². The van der Waals surface area contributed by atoms with Gasteiger partial charge in [-0.15, -0.1) is 0 Å². The number of hydrogen-bond donors (Lipinski definition) is 2. The van der Waals surface area contributed by atoms with E-state index in [1.807, 2.05) is 6.07 Å². The van der Waals surface area contributed by atoms with E-state index in [2.05, 4.69) is 10.6 Å². The zero-order valence-corrected chi connectivity index (χ0v) is 15.4. The third kappa shape index (κ3) is 10.8. The number of carbonyl (C=O) groups excluding carboxylic acids is 2. The Morgan fingerprint density at radius 1 is 0.926 bits per heavy atom. The monoisotopic (exact) mass is 379 g/mol. The maximum absolute atomic E-state index is 11.9. The Labute approximate surface area is 158 Å². The lowest BCUT2D eigenvalue weighted by atomic mass is 10.1. The van der Waals surface area contributed by atoms with Gasteiger partial charge in [-0.3, -0.25) is 4.79 Å². The van der Waals surface area contributed by atoms with Crippen LogP contribution in [0.1, 0.15) is 15.9 Å². The molecule has 2 N–H and O–H groups in total. The van der Waals surface area contributed by atoms with Gasteiger partial charge in [-0.05, 0) is 24.3 Å². The number of nitrogens with zero attached hydrogens (tertiary/aromatic N) is 1. The molecule has 0 aliphatic heterocycles. The molecule has 9 heteroatoms. The first-order valence-corrected chi connectivity index (χ1v) is 8.53. The predicted octanol–water partition coefficient (Wildman–Crippen LogP) is 0.694. The molecule has 0 radical (unpaired) electrons. The number of alkyl carbamates (subject to hydrolysis) is 1. The van der Waals surface area contributed by atoms with Gasteiger partial charge in [-0.25, -0.2) is 4.79 Å². The smallest absolute Gasteiger partial charge is 0.406 e. The van der Waals surface area contributed by atoms with Crippen molar-refractivity contribution < 1.29 is 28.5 Å². The number of benzene rings is 1. The van der Waals surface area contributed by atoms with E-state index in [0.717, 1.165) is 0 Å². The van der Waals surface area contributed by atoms with Crippen LogP contribution in [-0.2, 0) is 18.9 Å². The number of hydrogen-bond acceptors (Lipinski definition) is 7. The Bertz CT molecular complexity index is 600. The number of rotatable bonds is 13. The summed E-state index contributed by atoms with van der Waals surface area (Å²) in [5.74, 6) is -0.211. The Morgan fingerprint density at radius 2 is 1.48 bits per heavy atom. The summed E-state index contributed by atoms with van der Waals surface area (Å²) in [6, 6.07) is 8.41. The second-order valence-electron chi connectivity index (χ2n) is 5.17. The van der Waals surface area contributed by atoms with Gasteiger partial charge in [0, 0.05) is 19.2 Å². The Hall–Kier alpha value is -2.67. The molecule has 2 amide bonds. The summed E-state index contributed by atoms with van der Waals surface area (Å²) in [5, 5.41) is 13.8. The van der Waals surface area contributed by atoms with Gasteiger partial charge in [-0.2, -0.15) is 5.26 Å². The van der Waals surface area contributed by atoms with E-state index in [4.69, 9.17) is 24.2 Å². The minimum atomic E-state index is -0.486. The molecule has 0 unspecified atom stereocenters. The van der Waals surface area contributed by atoms with Gasteiger partial charge in [0.2, 0.25) is 0 Å². The van der Waals surface area contributed by atoms with Crippen molar-refractivity contribution in [2.24, 2.45) is 0 Å². The summed E-state index contributed by atoms with van der Waals surface area (Å²) >= 11 is 0. The van der Waals surface area contributed by atoms with E-state index in [9.17, 15) is 9.59 Å². The summed E-state index contributed by atoms with van der Waals surface area (Å²) in [6.07, 6.45) is -0.486. The van der Waals surface area contributed by atoms with E-state index in [0.29, 0.717) is 57.3 Å². The molecule has 0 saturated heterocycles. The second-order valence-corrected chi connectivity index (χ2v) is 5.17. The molecule has 0 spiro atoms. The lowest BCUT2D eigenvalue weighted by Crippen LogP contribution is -2.27. The molecule has 148 valence electrons. The molecular weight excluding hydrogens is 354 g/mol. The van der Waals surface area contributed by atoms with Crippen LogP contribution in [0.25, 0.3) is 0 Å². The molecule has 0 saturated carbocycles. The van der Waals surface area contributed by atoms with Gasteiger partial charge in [0.25, 0.3) is 5.91 Å². The standard InChI is InChI=1S/C18H25N3O6/c1-20-18(23)27-13-12-26-11-10-25-9-8-24-7-6-21-17(22)16-4-2-15(14-19)3-5-16/h2-5H,6-13H2,1H3,(H,20,23)(H,21,22). The van der Waals surface area contributed by atoms with Gasteiger partial charge in [0.15, 0.2) is 0 Å². The van der Waals surface area contributed by atoms with Crippen molar-refractivity contribution in [1.29, 1.82) is 5.26 Å². The van der Waals surface area contributed by atoms with Gasteiger partial charge in [-0.1, -0.05) is 0 Å². The summed E-state index contributed by atoms with van der Waals surface area (Å²) < 4.78 is 20.6. The summed E-state index contributed by atoms with van der Waals surface area (Å²) in [4.78, 5) is 22.6. The van der Waals surface area contributed by atoms with Crippen molar-refractivity contribution in [1.82, 2.24) is 10.6 Å². The molecule has 1 aromatic carbocycles. The third-order valence-electron chi connectivity index (χ3n) is 3.22. The van der Waals surface area contributed by atoms with Crippen LogP contribution in [0.5, 0.6) is 0 Å². The molecule has 9 nitrogen and oxygen atoms in total. The lowest BCUT2D eigenvalue weighted by molar-refractivity contribution is 0.00631. The van der Waals surface area contributed by atoms with Gasteiger partial charge >= 0.3 is 6.09 Å². The van der Waals surface area contributed by atoms with E-state index in [1.54, 1.807) is 24.3 Å². The van der Waals surface area contributed by atoms with E-state index in [1.165, 1.54) is 7.05 Å². The number of ether oxygens (including phenoxy) is 4. The van der Waals surface area contributed by atoms with Crippen molar-refractivity contribution in [2.45, 2.75) is 0 Å². The van der Waals surface area contributed by atoms with Crippen LogP contribution in [0, 0.1) is 11.3 Å². The highest BCUT2D eigenvalue weighted by Gasteiger charge is 2.04. The number of nitriles is 1. The molecule has 0 aromatic heterocycles. The van der Waals surface area contributed by atoms with Crippen molar-refractivity contribution in [3.05, 3.63) is 35.4 Å². The van der Waals surface area contributed by atoms with Gasteiger partial charge < -0.3 is 29.6 Å². The van der Waals surface area contributed by atoms with Crippen molar-refractivity contribution >= 4 is 12.0 Å². The van der Waals surface area contributed by atoms with E-state index < -0.39 is 6.09 Å². The van der Waals surface area contributed by atoms with Crippen molar-refractivity contribution in [3.8, 4) is 6.07 Å². The molecule has 27 heavy (non-hydrogen) atoms. The van der Waals surface area contributed by atoms with Gasteiger partial charge in [0.1, 0.15) is 6.61 Å². The average Bonchev–Trinajstić information content (AvgIpc) is 2.71. The average molecular weight is 379 g/mol. The zero-order valence-electron chi connectivity index (χ0n) is 15.4. The minimum absolute atomic E-state index is 0.191. The highest BCUT2D eigenvalue weighted by Crippen LogP contribution is 2.02. The van der Waals surface area contributed by atoms with Crippen LogP contribution in [0.3, 0.4) is 0 Å². The van der Waals surface area contributed by atoms with Crippen molar-refractivity contribution in [3.63, 3.8) is 0 Å². The van der Waals surface area contributed by atoms with Crippen LogP contribution in [-0.4, -0.2) is 71.8 Å². The Kier molecular flexibility index (Phi) is 12.0. The summed E-state index contributed by atoms with van der Waals surface area (Å²) in [5.41, 5.74) is 1.01. The molecule has 0 aliphatic carbocycles. The number of carbonyl (C=O) groups is 2. The first kappa shape index (κ1) is 22.4. The largest absolute Gasteiger partial charge is 0.447 e. The topological polar surface area (TPSA) is 119 Å². The first-order chi connectivity index (χ1) is 13.2. The van der Waals surface area contributed by atoms with Crippen molar-refractivity contribution in [2.75, 3.05) is 59.8 Å². The predicted molar refractivity (Wildman–Crippen MR) is 96.4 cm³/mol. The van der Waals surface area contributed by atoms with E-state index in [-0.39, 0.29) is 12.5 Å². The highest BCUT2D eigenvalue weighted by molar-refractivity contribution is 5.94. The quantitative estimate of drug-likeness (QED) is 0.484. The molecule has 1 aromatic rings. The molecule has 1 rings (SSSR count). The zero-order chi connectivity index (χ0) is 19.7. The van der Waals surface area contributed by atoms with Crippen LogP contribution >= 0.6 is 0 Å². The Balaban J connectivity index is 1.89. The normalized spacial score (nSPS) is 10.1. The highest BCUT2D eigenvalue weighted by atomic mass is 16.6. The third-order valence-corrected chi connectivity index (χ3v) is 3.22. The molecule has 0 bridgehead atoms. The lowest BCUT2D eigenvalue weighted by Gasteiger charge is -2.08. The fourth-order valence-corrected chi connectivity index (χ4v) is 1.84. The molecular formula is C18H25N3O6. The van der Waals surface area contributed by atoms with E-state index >= 15 is 0 Å². The van der Waals surface area contributed by atoms with Crippen LogP contribution < -0.4 is 10.6 Å². The SMILES string of the molecule is CNC(=O)OCCOCCOCCOCCNC(=O)c1ccc(C#N)cc1. The molecule has 0 fully saturated rings. The Morgan fingerprint density at radius 3 is 2.04 bits per heavy atom.